The number of nitriles is 1. The summed E-state index contributed by atoms with van der Waals surface area (Å²) in [7, 11) is 3.72. The molecule has 0 N–H and O–H groups in total. The van der Waals surface area contributed by atoms with E-state index in [1.54, 1.807) is 19.2 Å². The van der Waals surface area contributed by atoms with Crippen LogP contribution in [0.3, 0.4) is 0 Å². The zero-order valence-electron chi connectivity index (χ0n) is 18.0. The maximum Gasteiger partial charge on any atom is 0.210 e. The Morgan fingerprint density at radius 1 is 1.00 bits per heavy atom. The van der Waals surface area contributed by atoms with Crippen LogP contribution in [0.1, 0.15) is 11.1 Å². The largest absolute Gasteiger partial charge is 0.312 e. The molecule has 2 aromatic heterocycles. The van der Waals surface area contributed by atoms with E-state index >= 15 is 0 Å². The standard InChI is InChI=1S/C26H20FN5/c1-16-4-5-17(14-28)12-23(16)32-25-21-13-19(18-6-9-20(27)10-7-18)8-11-22(21)30-15-24(25)31(3)26(32)29-2/h4-13,15H,1-3H3. The number of halogens is 1. The fraction of sp³-hybridized carbons (Fsp3) is 0.115. The van der Waals surface area contributed by atoms with Gasteiger partial charge in [0.1, 0.15) is 5.82 Å². The molecule has 5 rings (SSSR count). The van der Waals surface area contributed by atoms with Gasteiger partial charge in [-0.3, -0.25) is 14.5 Å². The van der Waals surface area contributed by atoms with Gasteiger partial charge in [-0.1, -0.05) is 24.3 Å². The zero-order chi connectivity index (χ0) is 22.4. The quantitative estimate of drug-likeness (QED) is 0.401. The van der Waals surface area contributed by atoms with Crippen molar-refractivity contribution in [2.75, 3.05) is 7.05 Å². The lowest BCUT2D eigenvalue weighted by molar-refractivity contribution is 0.628. The van der Waals surface area contributed by atoms with Gasteiger partial charge in [0.2, 0.25) is 5.62 Å². The molecule has 5 nitrogen and oxygen atoms in total. The average Bonchev–Trinajstić information content (AvgIpc) is 3.11. The van der Waals surface area contributed by atoms with Crippen molar-refractivity contribution in [2.24, 2.45) is 12.0 Å². The Kier molecular flexibility index (Phi) is 4.60. The molecule has 0 saturated heterocycles. The van der Waals surface area contributed by atoms with Crippen molar-refractivity contribution in [3.05, 3.63) is 89.4 Å². The minimum atomic E-state index is -0.262. The topological polar surface area (TPSA) is 58.9 Å². The Labute approximate surface area is 184 Å². The molecule has 0 unspecified atom stereocenters. The van der Waals surface area contributed by atoms with Crippen molar-refractivity contribution >= 4 is 21.9 Å². The summed E-state index contributed by atoms with van der Waals surface area (Å²) in [4.78, 5) is 9.22. The molecule has 0 amide bonds. The molecule has 0 radical (unpaired) electrons. The van der Waals surface area contributed by atoms with E-state index in [1.165, 1.54) is 12.1 Å². The predicted molar refractivity (Wildman–Crippen MR) is 124 cm³/mol. The summed E-state index contributed by atoms with van der Waals surface area (Å²) in [5.74, 6) is -0.262. The molecule has 5 aromatic rings. The Bertz CT molecular complexity index is 1620. The summed E-state index contributed by atoms with van der Waals surface area (Å²) in [6.07, 6.45) is 1.85. The van der Waals surface area contributed by atoms with E-state index in [0.29, 0.717) is 5.56 Å². The molecule has 3 aromatic carbocycles. The van der Waals surface area contributed by atoms with Gasteiger partial charge >= 0.3 is 0 Å². The highest BCUT2D eigenvalue weighted by Crippen LogP contribution is 2.30. The van der Waals surface area contributed by atoms with Gasteiger partial charge in [-0.05, 0) is 60.0 Å². The average molecular weight is 421 g/mol. The molecular formula is C26H20FN5. The van der Waals surface area contributed by atoms with Crippen LogP contribution in [0.25, 0.3) is 38.8 Å². The van der Waals surface area contributed by atoms with Gasteiger partial charge in [-0.2, -0.15) is 5.26 Å². The molecule has 0 aliphatic carbocycles. The first-order chi connectivity index (χ1) is 15.5. The van der Waals surface area contributed by atoms with Crippen LogP contribution in [-0.2, 0) is 7.05 Å². The van der Waals surface area contributed by atoms with Crippen LogP contribution in [0.15, 0.2) is 71.9 Å². The monoisotopic (exact) mass is 421 g/mol. The summed E-state index contributed by atoms with van der Waals surface area (Å²) in [5.41, 5.74) is 7.90. The lowest BCUT2D eigenvalue weighted by atomic mass is 10.0. The molecule has 0 atom stereocenters. The van der Waals surface area contributed by atoms with Gasteiger partial charge in [0.15, 0.2) is 0 Å². The Morgan fingerprint density at radius 2 is 1.75 bits per heavy atom. The second-order valence-corrected chi connectivity index (χ2v) is 7.76. The molecule has 0 bridgehead atoms. The van der Waals surface area contributed by atoms with Gasteiger partial charge < -0.3 is 4.57 Å². The number of imidazole rings is 1. The fourth-order valence-corrected chi connectivity index (χ4v) is 4.23. The maximum absolute atomic E-state index is 13.4. The van der Waals surface area contributed by atoms with E-state index in [1.807, 2.05) is 55.1 Å². The van der Waals surface area contributed by atoms with Crippen molar-refractivity contribution in [3.8, 4) is 22.9 Å². The molecule has 0 spiro atoms. The summed E-state index contributed by atoms with van der Waals surface area (Å²) >= 11 is 0. The van der Waals surface area contributed by atoms with Crippen molar-refractivity contribution in [3.63, 3.8) is 0 Å². The first-order valence-electron chi connectivity index (χ1n) is 10.2. The zero-order valence-corrected chi connectivity index (χ0v) is 18.0. The Morgan fingerprint density at radius 3 is 2.47 bits per heavy atom. The third kappa shape index (κ3) is 2.98. The van der Waals surface area contributed by atoms with E-state index in [4.69, 9.17) is 0 Å². The van der Waals surface area contributed by atoms with Crippen molar-refractivity contribution in [2.45, 2.75) is 6.92 Å². The van der Waals surface area contributed by atoms with Crippen LogP contribution in [0, 0.1) is 24.1 Å². The van der Waals surface area contributed by atoms with Crippen LogP contribution in [0.2, 0.25) is 0 Å². The van der Waals surface area contributed by atoms with Crippen LogP contribution in [0.5, 0.6) is 0 Å². The Hall–Kier alpha value is -4.24. The van der Waals surface area contributed by atoms with Crippen LogP contribution in [0.4, 0.5) is 4.39 Å². The number of hydrogen-bond acceptors (Lipinski definition) is 3. The molecule has 0 aliphatic heterocycles. The summed E-state index contributed by atoms with van der Waals surface area (Å²) in [6.45, 7) is 2.02. The predicted octanol–water partition coefficient (Wildman–Crippen LogP) is 5.03. The normalized spacial score (nSPS) is 11.9. The molecule has 2 heterocycles. The highest BCUT2D eigenvalue weighted by molar-refractivity contribution is 6.04. The number of nitrogens with zero attached hydrogens (tertiary/aromatic N) is 5. The van der Waals surface area contributed by atoms with Gasteiger partial charge in [0.25, 0.3) is 0 Å². The van der Waals surface area contributed by atoms with Gasteiger partial charge in [0.05, 0.1) is 40.1 Å². The van der Waals surface area contributed by atoms with Gasteiger partial charge in [-0.15, -0.1) is 0 Å². The third-order valence-corrected chi connectivity index (χ3v) is 5.86. The highest BCUT2D eigenvalue weighted by atomic mass is 19.1. The summed E-state index contributed by atoms with van der Waals surface area (Å²) in [6, 6.07) is 20.4. The molecule has 0 saturated carbocycles. The number of benzene rings is 3. The van der Waals surface area contributed by atoms with E-state index in [2.05, 4.69) is 26.7 Å². The number of aromatic nitrogens is 3. The van der Waals surface area contributed by atoms with Crippen molar-refractivity contribution in [1.82, 2.24) is 14.1 Å². The molecule has 32 heavy (non-hydrogen) atoms. The molecular weight excluding hydrogens is 401 g/mol. The number of pyridine rings is 1. The van der Waals surface area contributed by atoms with E-state index in [-0.39, 0.29) is 5.82 Å². The maximum atomic E-state index is 13.4. The summed E-state index contributed by atoms with van der Waals surface area (Å²) in [5, 5.41) is 10.4. The van der Waals surface area contributed by atoms with E-state index in [9.17, 15) is 9.65 Å². The molecule has 0 fully saturated rings. The second kappa shape index (κ2) is 7.47. The van der Waals surface area contributed by atoms with E-state index < -0.39 is 0 Å². The number of rotatable bonds is 2. The van der Waals surface area contributed by atoms with Crippen LogP contribution >= 0.6 is 0 Å². The number of hydrogen-bond donors (Lipinski definition) is 0. The number of aryl methyl sites for hydroxylation is 2. The lowest BCUT2D eigenvalue weighted by Crippen LogP contribution is -2.23. The third-order valence-electron chi connectivity index (χ3n) is 5.86. The van der Waals surface area contributed by atoms with Crippen LogP contribution in [-0.4, -0.2) is 21.2 Å². The molecule has 0 aliphatic rings. The summed E-state index contributed by atoms with van der Waals surface area (Å²) < 4.78 is 17.5. The first-order valence-corrected chi connectivity index (χ1v) is 10.2. The first kappa shape index (κ1) is 19.7. The highest BCUT2D eigenvalue weighted by Gasteiger charge is 2.17. The van der Waals surface area contributed by atoms with E-state index in [0.717, 1.165) is 49.9 Å². The SMILES string of the molecule is CN=c1n(C)c2cnc3ccc(-c4ccc(F)cc4)cc3c2n1-c1cc(C#N)ccc1C. The molecule has 156 valence electrons. The van der Waals surface area contributed by atoms with Crippen molar-refractivity contribution < 1.29 is 4.39 Å². The van der Waals surface area contributed by atoms with Crippen LogP contribution < -0.4 is 5.62 Å². The number of fused-ring (bicyclic) bond motifs is 3. The minimum absolute atomic E-state index is 0.262. The van der Waals surface area contributed by atoms with Gasteiger partial charge in [-0.25, -0.2) is 4.39 Å². The fourth-order valence-electron chi connectivity index (χ4n) is 4.23. The van der Waals surface area contributed by atoms with Crippen molar-refractivity contribution in [1.29, 1.82) is 5.26 Å². The second-order valence-electron chi connectivity index (χ2n) is 7.76. The Balaban J connectivity index is 1.92. The molecule has 6 heteroatoms. The minimum Gasteiger partial charge on any atom is -0.312 e. The smallest absolute Gasteiger partial charge is 0.210 e. The lowest BCUT2D eigenvalue weighted by Gasteiger charge is -2.11. The van der Waals surface area contributed by atoms with Gasteiger partial charge in [0, 0.05) is 19.5 Å².